The van der Waals surface area contributed by atoms with Gasteiger partial charge in [0.1, 0.15) is 11.9 Å². The van der Waals surface area contributed by atoms with E-state index in [9.17, 15) is 0 Å². The predicted molar refractivity (Wildman–Crippen MR) is 93.5 cm³/mol. The Morgan fingerprint density at radius 1 is 1.19 bits per heavy atom. The molecule has 0 aromatic rings. The zero-order valence-corrected chi connectivity index (χ0v) is 14.9. The third-order valence-electron chi connectivity index (χ3n) is 4.16. The van der Waals surface area contributed by atoms with Crippen molar-refractivity contribution in [2.24, 2.45) is 0 Å². The van der Waals surface area contributed by atoms with Crippen LogP contribution in [-0.4, -0.2) is 30.1 Å². The SMILES string of the molecule is C/C=C(Br)\C(=C/C/C=C/CC)OC1CCN(C2CC2)CC1. The van der Waals surface area contributed by atoms with E-state index in [4.69, 9.17) is 4.74 Å². The van der Waals surface area contributed by atoms with Gasteiger partial charge in [0.2, 0.25) is 0 Å². The molecule has 2 rings (SSSR count). The number of ether oxygens (including phenoxy) is 1. The lowest BCUT2D eigenvalue weighted by atomic mass is 10.1. The highest BCUT2D eigenvalue weighted by atomic mass is 79.9. The zero-order valence-electron chi connectivity index (χ0n) is 13.4. The summed E-state index contributed by atoms with van der Waals surface area (Å²) < 4.78 is 7.32. The van der Waals surface area contributed by atoms with E-state index in [0.29, 0.717) is 6.10 Å². The normalized spacial score (nSPS) is 23.0. The zero-order chi connectivity index (χ0) is 15.1. The van der Waals surface area contributed by atoms with Crippen LogP contribution in [-0.2, 0) is 4.74 Å². The Labute approximate surface area is 138 Å². The van der Waals surface area contributed by atoms with E-state index >= 15 is 0 Å². The second kappa shape index (κ2) is 8.79. The lowest BCUT2D eigenvalue weighted by Gasteiger charge is -2.32. The number of allylic oxidation sites excluding steroid dienone is 5. The van der Waals surface area contributed by atoms with Crippen molar-refractivity contribution in [1.82, 2.24) is 4.90 Å². The highest BCUT2D eigenvalue weighted by Crippen LogP contribution is 2.31. The first-order chi connectivity index (χ1) is 10.2. The Balaban J connectivity index is 1.84. The lowest BCUT2D eigenvalue weighted by molar-refractivity contribution is 0.0523. The van der Waals surface area contributed by atoms with Gasteiger partial charge in [-0.05, 0) is 67.5 Å². The summed E-state index contributed by atoms with van der Waals surface area (Å²) in [6.07, 6.45) is 16.2. The summed E-state index contributed by atoms with van der Waals surface area (Å²) in [5.74, 6) is 1.00. The number of piperidine rings is 1. The van der Waals surface area contributed by atoms with Gasteiger partial charge in [-0.15, -0.1) is 0 Å². The summed E-state index contributed by atoms with van der Waals surface area (Å²) in [7, 11) is 0. The van der Waals surface area contributed by atoms with Crippen LogP contribution in [0, 0.1) is 0 Å². The van der Waals surface area contributed by atoms with Gasteiger partial charge >= 0.3 is 0 Å². The Morgan fingerprint density at radius 3 is 2.48 bits per heavy atom. The van der Waals surface area contributed by atoms with Crippen LogP contribution in [0.2, 0.25) is 0 Å². The van der Waals surface area contributed by atoms with Crippen LogP contribution in [0.25, 0.3) is 0 Å². The Bertz CT molecular complexity index is 401. The van der Waals surface area contributed by atoms with Gasteiger partial charge in [0.05, 0.1) is 4.48 Å². The molecule has 1 saturated heterocycles. The molecular weight excluding hydrogens is 326 g/mol. The molecular formula is C18H28BrNO. The Kier molecular flexibility index (Phi) is 7.05. The van der Waals surface area contributed by atoms with Gasteiger partial charge < -0.3 is 9.64 Å². The van der Waals surface area contributed by atoms with E-state index in [0.717, 1.165) is 42.0 Å². The van der Waals surface area contributed by atoms with E-state index in [1.807, 2.05) is 6.92 Å². The van der Waals surface area contributed by atoms with Crippen molar-refractivity contribution < 1.29 is 4.74 Å². The molecule has 0 radical (unpaired) electrons. The molecule has 1 saturated carbocycles. The van der Waals surface area contributed by atoms with Crippen molar-refractivity contribution in [3.8, 4) is 0 Å². The van der Waals surface area contributed by atoms with E-state index in [2.05, 4.69) is 52.1 Å². The number of hydrogen-bond donors (Lipinski definition) is 0. The molecule has 21 heavy (non-hydrogen) atoms. The molecule has 3 heteroatoms. The molecule has 0 aromatic carbocycles. The predicted octanol–water partition coefficient (Wildman–Crippen LogP) is 5.17. The van der Waals surface area contributed by atoms with Crippen molar-refractivity contribution in [1.29, 1.82) is 0 Å². The number of halogens is 1. The average molecular weight is 354 g/mol. The minimum atomic E-state index is 0.369. The van der Waals surface area contributed by atoms with Gasteiger partial charge in [-0.25, -0.2) is 0 Å². The van der Waals surface area contributed by atoms with E-state index < -0.39 is 0 Å². The molecule has 118 valence electrons. The molecule has 0 aromatic heterocycles. The molecule has 0 atom stereocenters. The minimum absolute atomic E-state index is 0.369. The fourth-order valence-corrected chi connectivity index (χ4v) is 3.02. The third kappa shape index (κ3) is 5.63. The van der Waals surface area contributed by atoms with Crippen LogP contribution >= 0.6 is 15.9 Å². The van der Waals surface area contributed by atoms with E-state index in [-0.39, 0.29) is 0 Å². The van der Waals surface area contributed by atoms with Gasteiger partial charge in [-0.2, -0.15) is 0 Å². The van der Waals surface area contributed by atoms with Crippen molar-refractivity contribution in [2.45, 2.75) is 64.5 Å². The van der Waals surface area contributed by atoms with E-state index in [1.165, 1.54) is 25.9 Å². The Hall–Kier alpha value is -0.540. The second-order valence-corrected chi connectivity index (χ2v) is 6.76. The largest absolute Gasteiger partial charge is 0.489 e. The summed E-state index contributed by atoms with van der Waals surface area (Å²) in [5, 5.41) is 0. The molecule has 0 unspecified atom stereocenters. The van der Waals surface area contributed by atoms with Crippen LogP contribution in [0.5, 0.6) is 0 Å². The van der Waals surface area contributed by atoms with Crippen LogP contribution in [0.15, 0.2) is 34.5 Å². The maximum atomic E-state index is 6.26. The summed E-state index contributed by atoms with van der Waals surface area (Å²) >= 11 is 3.62. The van der Waals surface area contributed by atoms with Crippen LogP contribution < -0.4 is 0 Å². The van der Waals surface area contributed by atoms with Crippen LogP contribution in [0.4, 0.5) is 0 Å². The monoisotopic (exact) mass is 353 g/mol. The first-order valence-corrected chi connectivity index (χ1v) is 9.12. The molecule has 0 spiro atoms. The van der Waals surface area contributed by atoms with Gasteiger partial charge in [-0.3, -0.25) is 0 Å². The fourth-order valence-electron chi connectivity index (χ4n) is 2.76. The topological polar surface area (TPSA) is 12.5 Å². The molecule has 0 bridgehead atoms. The standard InChI is InChI=1S/C18H28BrNO/c1-3-5-6-7-8-18(17(19)4-2)21-16-11-13-20(14-12-16)15-9-10-15/h4-6,8,15-16H,3,7,9-14H2,1-2H3/b6-5+,17-4+,18-8+. The number of rotatable bonds is 7. The minimum Gasteiger partial charge on any atom is -0.489 e. The van der Waals surface area contributed by atoms with Gasteiger partial charge in [0.15, 0.2) is 0 Å². The molecule has 2 aliphatic rings. The number of likely N-dealkylation sites (tertiary alicyclic amines) is 1. The third-order valence-corrected chi connectivity index (χ3v) is 5.01. The highest BCUT2D eigenvalue weighted by molar-refractivity contribution is 9.11. The number of hydrogen-bond acceptors (Lipinski definition) is 2. The van der Waals surface area contributed by atoms with Crippen molar-refractivity contribution in [3.05, 3.63) is 34.5 Å². The molecule has 1 aliphatic carbocycles. The summed E-state index contributed by atoms with van der Waals surface area (Å²) in [5.41, 5.74) is 0. The summed E-state index contributed by atoms with van der Waals surface area (Å²) in [4.78, 5) is 2.64. The first kappa shape index (κ1) is 16.8. The quantitative estimate of drug-likeness (QED) is 0.355. The van der Waals surface area contributed by atoms with Crippen molar-refractivity contribution in [2.75, 3.05) is 13.1 Å². The van der Waals surface area contributed by atoms with Crippen LogP contribution in [0.1, 0.15) is 52.4 Å². The fraction of sp³-hybridized carbons (Fsp3) is 0.667. The number of nitrogens with zero attached hydrogens (tertiary/aromatic N) is 1. The van der Waals surface area contributed by atoms with Crippen molar-refractivity contribution in [3.63, 3.8) is 0 Å². The van der Waals surface area contributed by atoms with Gasteiger partial charge in [-0.1, -0.05) is 25.2 Å². The summed E-state index contributed by atoms with van der Waals surface area (Å²) in [6.45, 7) is 6.60. The van der Waals surface area contributed by atoms with E-state index in [1.54, 1.807) is 0 Å². The average Bonchev–Trinajstić information content (AvgIpc) is 3.35. The molecule has 2 fully saturated rings. The van der Waals surface area contributed by atoms with Gasteiger partial charge in [0.25, 0.3) is 0 Å². The lowest BCUT2D eigenvalue weighted by Crippen LogP contribution is -2.38. The Morgan fingerprint density at radius 2 is 1.90 bits per heavy atom. The smallest absolute Gasteiger partial charge is 0.129 e. The summed E-state index contributed by atoms with van der Waals surface area (Å²) in [6, 6.07) is 0.891. The van der Waals surface area contributed by atoms with Crippen molar-refractivity contribution >= 4 is 15.9 Å². The molecule has 1 heterocycles. The molecule has 0 N–H and O–H groups in total. The second-order valence-electron chi connectivity index (χ2n) is 5.90. The molecule has 0 amide bonds. The maximum absolute atomic E-state index is 6.26. The first-order valence-electron chi connectivity index (χ1n) is 8.32. The molecule has 1 aliphatic heterocycles. The van der Waals surface area contributed by atoms with Gasteiger partial charge in [0, 0.05) is 19.1 Å². The van der Waals surface area contributed by atoms with Crippen LogP contribution in [0.3, 0.4) is 0 Å². The maximum Gasteiger partial charge on any atom is 0.129 e. The molecule has 2 nitrogen and oxygen atoms in total. The highest BCUT2D eigenvalue weighted by Gasteiger charge is 2.32.